The number of benzene rings is 1. The highest BCUT2D eigenvalue weighted by atomic mass is 19.1. The minimum atomic E-state index is 0.00379. The van der Waals surface area contributed by atoms with Crippen LogP contribution in [0.3, 0.4) is 0 Å². The Bertz CT molecular complexity index is 671. The lowest BCUT2D eigenvalue weighted by atomic mass is 9.75. The van der Waals surface area contributed by atoms with Gasteiger partial charge in [0.15, 0.2) is 0 Å². The van der Waals surface area contributed by atoms with Gasteiger partial charge in [-0.25, -0.2) is 4.39 Å². The Morgan fingerprint density at radius 3 is 2.12 bits per heavy atom. The number of rotatable bonds is 3. The maximum Gasteiger partial charge on any atom is 0.127 e. The molecule has 3 aliphatic carbocycles. The van der Waals surface area contributed by atoms with E-state index < -0.39 is 0 Å². The van der Waals surface area contributed by atoms with E-state index in [-0.39, 0.29) is 11.7 Å². The Morgan fingerprint density at radius 1 is 0.846 bits per heavy atom. The van der Waals surface area contributed by atoms with Crippen molar-refractivity contribution in [3.63, 3.8) is 0 Å². The molecule has 2 atom stereocenters. The highest BCUT2D eigenvalue weighted by molar-refractivity contribution is 5.38. The summed E-state index contributed by atoms with van der Waals surface area (Å²) in [5, 5.41) is 0. The zero-order valence-corrected chi connectivity index (χ0v) is 16.2. The Kier molecular flexibility index (Phi) is 5.62. The lowest BCUT2D eigenvalue weighted by Gasteiger charge is -2.30. The normalized spacial score (nSPS) is 28.2. The van der Waals surface area contributed by atoms with E-state index >= 15 is 0 Å². The summed E-state index contributed by atoms with van der Waals surface area (Å²) < 4.78 is 15.0. The molecule has 0 radical (unpaired) electrons. The van der Waals surface area contributed by atoms with Crippen molar-refractivity contribution in [1.82, 2.24) is 0 Å². The van der Waals surface area contributed by atoms with Crippen molar-refractivity contribution in [1.29, 1.82) is 0 Å². The van der Waals surface area contributed by atoms with Crippen LogP contribution in [-0.4, -0.2) is 0 Å². The minimum Gasteiger partial charge on any atom is -0.207 e. The monoisotopic (exact) mass is 352 g/mol. The van der Waals surface area contributed by atoms with E-state index in [0.717, 1.165) is 11.5 Å². The van der Waals surface area contributed by atoms with Gasteiger partial charge in [-0.1, -0.05) is 75.8 Å². The molecule has 0 heterocycles. The molecular formula is C25H33F. The van der Waals surface area contributed by atoms with Gasteiger partial charge in [0.2, 0.25) is 0 Å². The lowest BCUT2D eigenvalue weighted by Crippen LogP contribution is -2.16. The molecule has 0 bridgehead atoms. The van der Waals surface area contributed by atoms with Crippen LogP contribution in [0, 0.1) is 17.7 Å². The zero-order chi connectivity index (χ0) is 17.9. The van der Waals surface area contributed by atoms with Gasteiger partial charge in [0.25, 0.3) is 0 Å². The molecule has 0 spiro atoms. The highest BCUT2D eigenvalue weighted by Crippen LogP contribution is 2.40. The third kappa shape index (κ3) is 3.82. The largest absolute Gasteiger partial charge is 0.207 e. The fourth-order valence-corrected chi connectivity index (χ4v) is 5.45. The summed E-state index contributed by atoms with van der Waals surface area (Å²) in [5.74, 6) is 1.88. The predicted octanol–water partition coefficient (Wildman–Crippen LogP) is 7.67. The average molecular weight is 353 g/mol. The number of halogens is 1. The fraction of sp³-hybridized carbons (Fsp3) is 0.600. The maximum atomic E-state index is 15.0. The summed E-state index contributed by atoms with van der Waals surface area (Å²) in [6, 6.07) is 6.12. The van der Waals surface area contributed by atoms with Crippen molar-refractivity contribution < 1.29 is 4.39 Å². The van der Waals surface area contributed by atoms with E-state index in [1.54, 1.807) is 0 Å². The van der Waals surface area contributed by atoms with Crippen molar-refractivity contribution in [2.75, 3.05) is 0 Å². The van der Waals surface area contributed by atoms with Crippen molar-refractivity contribution in [3.8, 4) is 0 Å². The van der Waals surface area contributed by atoms with E-state index in [1.807, 2.05) is 6.07 Å². The molecule has 4 rings (SSSR count). The van der Waals surface area contributed by atoms with Crippen LogP contribution in [0.25, 0.3) is 0 Å². The first kappa shape index (κ1) is 18.0. The first-order valence-corrected chi connectivity index (χ1v) is 10.9. The van der Waals surface area contributed by atoms with Crippen LogP contribution in [0.5, 0.6) is 0 Å². The van der Waals surface area contributed by atoms with Gasteiger partial charge in [0.05, 0.1) is 0 Å². The number of hydrogen-bond acceptors (Lipinski definition) is 0. The molecule has 2 saturated carbocycles. The molecule has 0 aromatic heterocycles. The quantitative estimate of drug-likeness (QED) is 0.523. The van der Waals surface area contributed by atoms with Crippen molar-refractivity contribution >= 4 is 0 Å². The third-order valence-corrected chi connectivity index (χ3v) is 7.05. The molecular weight excluding hydrogens is 319 g/mol. The van der Waals surface area contributed by atoms with Crippen molar-refractivity contribution in [2.24, 2.45) is 11.8 Å². The summed E-state index contributed by atoms with van der Waals surface area (Å²) in [5.41, 5.74) is 3.61. The van der Waals surface area contributed by atoms with Gasteiger partial charge in [-0.15, -0.1) is 0 Å². The van der Waals surface area contributed by atoms with Crippen LogP contribution in [0.2, 0.25) is 0 Å². The second-order valence-electron chi connectivity index (χ2n) is 8.86. The second-order valence-corrected chi connectivity index (χ2v) is 8.86. The fourth-order valence-electron chi connectivity index (χ4n) is 5.45. The van der Waals surface area contributed by atoms with E-state index in [9.17, 15) is 4.39 Å². The molecule has 2 fully saturated rings. The second kappa shape index (κ2) is 8.11. The van der Waals surface area contributed by atoms with Gasteiger partial charge >= 0.3 is 0 Å². The number of allylic oxidation sites excluding steroid dienone is 4. The van der Waals surface area contributed by atoms with Crippen LogP contribution in [0.1, 0.15) is 94.1 Å². The van der Waals surface area contributed by atoms with Gasteiger partial charge < -0.3 is 0 Å². The van der Waals surface area contributed by atoms with Gasteiger partial charge in [0, 0.05) is 5.92 Å². The van der Waals surface area contributed by atoms with Crippen LogP contribution >= 0.6 is 0 Å². The Hall–Kier alpha value is -1.37. The minimum absolute atomic E-state index is 0.00379. The SMILES string of the molecule is CC1C=C(C2CCCCC2)C=CC1c1ccc(C2CCCCC2)cc1F. The molecule has 0 N–H and O–H groups in total. The molecule has 140 valence electrons. The van der Waals surface area contributed by atoms with E-state index in [2.05, 4.69) is 37.3 Å². The Labute approximate surface area is 158 Å². The molecule has 1 aromatic rings. The zero-order valence-electron chi connectivity index (χ0n) is 16.2. The lowest BCUT2D eigenvalue weighted by molar-refractivity contribution is 0.403. The molecule has 0 saturated heterocycles. The summed E-state index contributed by atoms with van der Waals surface area (Å²) in [7, 11) is 0. The van der Waals surface area contributed by atoms with E-state index in [0.29, 0.717) is 11.8 Å². The van der Waals surface area contributed by atoms with Gasteiger partial charge in [-0.2, -0.15) is 0 Å². The Morgan fingerprint density at radius 2 is 1.50 bits per heavy atom. The van der Waals surface area contributed by atoms with Crippen LogP contribution < -0.4 is 0 Å². The molecule has 2 unspecified atom stereocenters. The van der Waals surface area contributed by atoms with Crippen LogP contribution in [0.4, 0.5) is 4.39 Å². The van der Waals surface area contributed by atoms with Crippen LogP contribution in [-0.2, 0) is 0 Å². The average Bonchev–Trinajstić information content (AvgIpc) is 2.69. The molecule has 0 nitrogen and oxygen atoms in total. The first-order chi connectivity index (χ1) is 12.7. The summed E-state index contributed by atoms with van der Waals surface area (Å²) in [6.45, 7) is 2.26. The maximum absolute atomic E-state index is 15.0. The molecule has 1 heteroatoms. The van der Waals surface area contributed by atoms with E-state index in [1.165, 1.54) is 75.3 Å². The van der Waals surface area contributed by atoms with E-state index in [4.69, 9.17) is 0 Å². The first-order valence-electron chi connectivity index (χ1n) is 10.9. The Balaban J connectivity index is 1.49. The number of hydrogen-bond donors (Lipinski definition) is 0. The molecule has 0 aliphatic heterocycles. The van der Waals surface area contributed by atoms with Crippen molar-refractivity contribution in [2.45, 2.75) is 83.0 Å². The molecule has 1 aromatic carbocycles. The third-order valence-electron chi connectivity index (χ3n) is 7.05. The standard InChI is InChI=1S/C25H33F/c1-18-16-21(19-8-4-2-5-9-19)12-14-23(18)24-15-13-22(17-25(24)26)20-10-6-3-7-11-20/h12-20,23H,2-11H2,1H3. The molecule has 0 amide bonds. The summed E-state index contributed by atoms with van der Waals surface area (Å²) in [6.07, 6.45) is 20.2. The molecule has 3 aliphatic rings. The van der Waals surface area contributed by atoms with Crippen molar-refractivity contribution in [3.05, 3.63) is 58.9 Å². The smallest absolute Gasteiger partial charge is 0.127 e. The van der Waals surface area contributed by atoms with Crippen LogP contribution in [0.15, 0.2) is 42.0 Å². The summed E-state index contributed by atoms with van der Waals surface area (Å²) in [4.78, 5) is 0. The van der Waals surface area contributed by atoms with Gasteiger partial charge in [-0.05, 0) is 66.2 Å². The van der Waals surface area contributed by atoms with Gasteiger partial charge in [0.1, 0.15) is 5.82 Å². The topological polar surface area (TPSA) is 0 Å². The van der Waals surface area contributed by atoms with Gasteiger partial charge in [-0.3, -0.25) is 0 Å². The highest BCUT2D eigenvalue weighted by Gasteiger charge is 2.26. The molecule has 26 heavy (non-hydrogen) atoms. The predicted molar refractivity (Wildman–Crippen MR) is 108 cm³/mol. The summed E-state index contributed by atoms with van der Waals surface area (Å²) >= 11 is 0.